The fraction of sp³-hybridized carbons (Fsp3) is 0.417. The topological polar surface area (TPSA) is 29.5 Å². The Morgan fingerprint density at radius 3 is 2.47 bits per heavy atom. The van der Waals surface area contributed by atoms with Crippen LogP contribution in [0, 0.1) is 0 Å². The van der Waals surface area contributed by atoms with Crippen LogP contribution in [0.25, 0.3) is 0 Å². The number of nitrogens with zero attached hydrogens (tertiary/aromatic N) is 1. The smallest absolute Gasteiger partial charge is 0.257 e. The lowest BCUT2D eigenvalue weighted by Gasteiger charge is -2.51. The van der Waals surface area contributed by atoms with Gasteiger partial charge in [0.1, 0.15) is 0 Å². The van der Waals surface area contributed by atoms with Crippen LogP contribution in [0.2, 0.25) is 0 Å². The van der Waals surface area contributed by atoms with E-state index in [0.29, 0.717) is 0 Å². The van der Waals surface area contributed by atoms with E-state index >= 15 is 0 Å². The Morgan fingerprint density at radius 1 is 1.33 bits per heavy atom. The molecule has 0 aromatic heterocycles. The summed E-state index contributed by atoms with van der Waals surface area (Å²) in [4.78, 5) is 13.4. The molecule has 0 saturated carbocycles. The molecule has 1 aliphatic heterocycles. The van der Waals surface area contributed by atoms with Gasteiger partial charge in [-0.3, -0.25) is 4.79 Å². The Balaban J connectivity index is 2.34. The number of benzene rings is 1. The largest absolute Gasteiger partial charge is 0.366 e. The van der Waals surface area contributed by atoms with Gasteiger partial charge in [-0.05, 0) is 12.5 Å². The lowest BCUT2D eigenvalue weighted by Crippen LogP contribution is -2.66. The molecule has 0 N–H and O–H groups in total. The number of carbonyl (C=O) groups excluding carboxylic acids is 1. The Morgan fingerprint density at radius 2 is 1.93 bits per heavy atom. The van der Waals surface area contributed by atoms with Gasteiger partial charge < -0.3 is 9.64 Å². The number of rotatable bonds is 2. The summed E-state index contributed by atoms with van der Waals surface area (Å²) in [5, 5.41) is 0. The molecule has 0 unspecified atom stereocenters. The number of hydrogen-bond donors (Lipinski definition) is 0. The summed E-state index contributed by atoms with van der Waals surface area (Å²) in [6.07, 6.45) is 0. The van der Waals surface area contributed by atoms with Crippen molar-refractivity contribution >= 4 is 5.91 Å². The number of likely N-dealkylation sites (tertiary alicyclic amines) is 1. The normalized spacial score (nSPS) is 30.2. The second-order valence-electron chi connectivity index (χ2n) is 4.04. The highest BCUT2D eigenvalue weighted by atomic mass is 16.5. The minimum atomic E-state index is -0.698. The van der Waals surface area contributed by atoms with Crippen molar-refractivity contribution in [1.82, 2.24) is 4.90 Å². The van der Waals surface area contributed by atoms with Gasteiger partial charge in [0.25, 0.3) is 5.91 Å². The highest BCUT2D eigenvalue weighted by molar-refractivity contribution is 5.92. The minimum absolute atomic E-state index is 0.0243. The summed E-state index contributed by atoms with van der Waals surface area (Å²) in [6, 6.07) is 9.98. The van der Waals surface area contributed by atoms with Crippen molar-refractivity contribution in [3.63, 3.8) is 0 Å². The molecule has 80 valence electrons. The second-order valence-corrected chi connectivity index (χ2v) is 4.04. The number of likely N-dealkylation sites (N-methyl/N-ethyl adjacent to an activating group) is 1. The quantitative estimate of drug-likeness (QED) is 0.686. The first-order valence-electron chi connectivity index (χ1n) is 4.98. The number of carbonyl (C=O) groups is 1. The van der Waals surface area contributed by atoms with E-state index in [4.69, 9.17) is 4.74 Å². The van der Waals surface area contributed by atoms with Gasteiger partial charge in [-0.1, -0.05) is 30.3 Å². The lowest BCUT2D eigenvalue weighted by atomic mass is 9.80. The maximum Gasteiger partial charge on any atom is 0.257 e. The molecular weight excluding hydrogens is 190 g/mol. The van der Waals surface area contributed by atoms with E-state index in [1.54, 1.807) is 19.1 Å². The van der Waals surface area contributed by atoms with Crippen LogP contribution in [0.3, 0.4) is 0 Å². The molecule has 1 aromatic carbocycles. The van der Waals surface area contributed by atoms with Gasteiger partial charge in [-0.25, -0.2) is 0 Å². The summed E-state index contributed by atoms with van der Waals surface area (Å²) in [7, 11) is 3.39. The van der Waals surface area contributed by atoms with E-state index < -0.39 is 5.60 Å². The fourth-order valence-electron chi connectivity index (χ4n) is 2.26. The molecule has 1 fully saturated rings. The third-order valence-electron chi connectivity index (χ3n) is 3.19. The molecule has 1 heterocycles. The molecule has 0 radical (unpaired) electrons. The summed E-state index contributed by atoms with van der Waals surface area (Å²) in [6.45, 7) is 1.84. The Hall–Kier alpha value is -1.35. The molecule has 3 heteroatoms. The van der Waals surface area contributed by atoms with Crippen molar-refractivity contribution < 1.29 is 9.53 Å². The molecule has 1 amide bonds. The standard InChI is InChI=1S/C12H15NO2/c1-12(15-3)10(13(2)11(12)14)9-7-5-4-6-8-9/h4-8,10H,1-3H3/t10-,12+/m0/s1. The molecule has 2 atom stereocenters. The van der Waals surface area contributed by atoms with Crippen molar-refractivity contribution in [3.05, 3.63) is 35.9 Å². The third-order valence-corrected chi connectivity index (χ3v) is 3.19. The average molecular weight is 205 g/mol. The minimum Gasteiger partial charge on any atom is -0.366 e. The average Bonchev–Trinajstić information content (AvgIpc) is 2.29. The van der Waals surface area contributed by atoms with E-state index in [2.05, 4.69) is 0 Å². The van der Waals surface area contributed by atoms with Crippen LogP contribution in [0.1, 0.15) is 18.5 Å². The molecular formula is C12H15NO2. The fourth-order valence-corrected chi connectivity index (χ4v) is 2.26. The zero-order valence-electron chi connectivity index (χ0n) is 9.23. The first kappa shape index (κ1) is 10.2. The zero-order chi connectivity index (χ0) is 11.1. The predicted octanol–water partition coefficient (Wildman–Crippen LogP) is 1.60. The summed E-state index contributed by atoms with van der Waals surface area (Å²) in [5.41, 5.74) is 0.416. The van der Waals surface area contributed by atoms with E-state index in [9.17, 15) is 4.79 Å². The molecule has 1 saturated heterocycles. The SMILES string of the molecule is CO[C@@]1(C)C(=O)N(C)[C@H]1c1ccccc1. The number of hydrogen-bond acceptors (Lipinski definition) is 2. The van der Waals surface area contributed by atoms with Crippen molar-refractivity contribution in [2.24, 2.45) is 0 Å². The molecule has 3 nitrogen and oxygen atoms in total. The summed E-state index contributed by atoms with van der Waals surface area (Å²) >= 11 is 0. The number of amides is 1. The lowest BCUT2D eigenvalue weighted by molar-refractivity contribution is -0.191. The van der Waals surface area contributed by atoms with E-state index in [1.165, 1.54) is 0 Å². The van der Waals surface area contributed by atoms with Gasteiger partial charge in [0, 0.05) is 14.2 Å². The van der Waals surface area contributed by atoms with Crippen molar-refractivity contribution in [2.45, 2.75) is 18.6 Å². The molecule has 0 aliphatic carbocycles. The van der Waals surface area contributed by atoms with Gasteiger partial charge in [0.15, 0.2) is 5.60 Å². The Bertz CT molecular complexity index is 376. The molecule has 15 heavy (non-hydrogen) atoms. The molecule has 0 spiro atoms. The summed E-state index contributed by atoms with van der Waals surface area (Å²) in [5.74, 6) is 0.0406. The maximum absolute atomic E-state index is 11.7. The Kier molecular flexibility index (Phi) is 2.27. The van der Waals surface area contributed by atoms with Gasteiger partial charge in [-0.15, -0.1) is 0 Å². The molecule has 1 aromatic rings. The van der Waals surface area contributed by atoms with Crippen LogP contribution in [0.4, 0.5) is 0 Å². The van der Waals surface area contributed by atoms with Crippen LogP contribution in [-0.4, -0.2) is 30.6 Å². The van der Waals surface area contributed by atoms with Gasteiger partial charge in [-0.2, -0.15) is 0 Å². The zero-order valence-corrected chi connectivity index (χ0v) is 9.23. The molecule has 2 rings (SSSR count). The second kappa shape index (κ2) is 3.35. The van der Waals surface area contributed by atoms with Crippen LogP contribution in [0.15, 0.2) is 30.3 Å². The van der Waals surface area contributed by atoms with E-state index in [1.807, 2.05) is 37.3 Å². The van der Waals surface area contributed by atoms with Crippen LogP contribution >= 0.6 is 0 Å². The number of ether oxygens (including phenoxy) is 1. The van der Waals surface area contributed by atoms with Crippen molar-refractivity contribution in [1.29, 1.82) is 0 Å². The Labute approximate surface area is 89.7 Å². The monoisotopic (exact) mass is 205 g/mol. The van der Waals surface area contributed by atoms with Crippen LogP contribution < -0.4 is 0 Å². The third kappa shape index (κ3) is 1.27. The molecule has 0 bridgehead atoms. The number of β-lactam (4-membered cyclic amide) rings is 1. The van der Waals surface area contributed by atoms with Crippen molar-refractivity contribution in [2.75, 3.05) is 14.2 Å². The van der Waals surface area contributed by atoms with Crippen molar-refractivity contribution in [3.8, 4) is 0 Å². The predicted molar refractivity (Wildman–Crippen MR) is 57.4 cm³/mol. The molecule has 1 aliphatic rings. The maximum atomic E-state index is 11.7. The van der Waals surface area contributed by atoms with Crippen LogP contribution in [0.5, 0.6) is 0 Å². The van der Waals surface area contributed by atoms with Crippen LogP contribution in [-0.2, 0) is 9.53 Å². The first-order chi connectivity index (χ1) is 7.11. The van der Waals surface area contributed by atoms with Gasteiger partial charge in [0.05, 0.1) is 6.04 Å². The van der Waals surface area contributed by atoms with E-state index in [-0.39, 0.29) is 11.9 Å². The highest BCUT2D eigenvalue weighted by Gasteiger charge is 2.56. The highest BCUT2D eigenvalue weighted by Crippen LogP contribution is 2.43. The summed E-state index contributed by atoms with van der Waals surface area (Å²) < 4.78 is 5.33. The van der Waals surface area contributed by atoms with E-state index in [0.717, 1.165) is 5.56 Å². The first-order valence-corrected chi connectivity index (χ1v) is 4.98. The van der Waals surface area contributed by atoms with Gasteiger partial charge >= 0.3 is 0 Å². The number of methoxy groups -OCH3 is 1. The van der Waals surface area contributed by atoms with Gasteiger partial charge in [0.2, 0.25) is 0 Å².